The summed E-state index contributed by atoms with van der Waals surface area (Å²) in [6, 6.07) is 10.5. The average molecular weight is 202 g/mol. The molecule has 0 heterocycles. The van der Waals surface area contributed by atoms with Crippen LogP contribution in [0.3, 0.4) is 0 Å². The van der Waals surface area contributed by atoms with E-state index in [1.807, 2.05) is 0 Å². The summed E-state index contributed by atoms with van der Waals surface area (Å²) in [6.45, 7) is 6.83. The summed E-state index contributed by atoms with van der Waals surface area (Å²) in [7, 11) is 0. The van der Waals surface area contributed by atoms with Gasteiger partial charge >= 0.3 is 0 Å². The minimum absolute atomic E-state index is 0.604. The van der Waals surface area contributed by atoms with Crippen LogP contribution in [0.5, 0.6) is 0 Å². The number of benzene rings is 1. The highest BCUT2D eigenvalue weighted by Gasteiger charge is 2.13. The van der Waals surface area contributed by atoms with Crippen molar-refractivity contribution in [3.63, 3.8) is 0 Å². The van der Waals surface area contributed by atoms with Crippen LogP contribution in [0.15, 0.2) is 30.3 Å². The van der Waals surface area contributed by atoms with Gasteiger partial charge < -0.3 is 0 Å². The van der Waals surface area contributed by atoms with Crippen molar-refractivity contribution in [2.45, 2.75) is 40.0 Å². The molecule has 0 N–H and O–H groups in total. The molecule has 0 aliphatic heterocycles. The van der Waals surface area contributed by atoms with Gasteiger partial charge in [-0.15, -0.1) is 0 Å². The van der Waals surface area contributed by atoms with Crippen LogP contribution in [0, 0.1) is 18.3 Å². The Labute approximate surface area is 94.7 Å². The first-order chi connectivity index (χ1) is 7.24. The van der Waals surface area contributed by atoms with Gasteiger partial charge in [0, 0.05) is 6.42 Å². The quantitative estimate of drug-likeness (QED) is 0.633. The molecule has 2 radical (unpaired) electrons. The van der Waals surface area contributed by atoms with Crippen molar-refractivity contribution in [1.29, 1.82) is 0 Å². The highest BCUT2D eigenvalue weighted by Crippen LogP contribution is 2.24. The summed E-state index contributed by atoms with van der Waals surface area (Å²) in [6.07, 6.45) is 7.47. The summed E-state index contributed by atoms with van der Waals surface area (Å²) in [5.41, 5.74) is 1.24. The van der Waals surface area contributed by atoms with E-state index in [9.17, 15) is 0 Å². The van der Waals surface area contributed by atoms with Gasteiger partial charge in [-0.1, -0.05) is 63.9 Å². The Hall–Kier alpha value is -0.780. The van der Waals surface area contributed by atoms with Crippen molar-refractivity contribution in [2.75, 3.05) is 0 Å². The van der Waals surface area contributed by atoms with E-state index in [-0.39, 0.29) is 0 Å². The molecule has 0 amide bonds. The molecule has 1 atom stereocenters. The zero-order valence-corrected chi connectivity index (χ0v) is 10.2. The van der Waals surface area contributed by atoms with Crippen molar-refractivity contribution in [2.24, 2.45) is 11.8 Å². The maximum absolute atomic E-state index is 3.61. The first-order valence-electron chi connectivity index (χ1n) is 6.05. The lowest BCUT2D eigenvalue weighted by Gasteiger charge is -2.19. The van der Waals surface area contributed by atoms with E-state index in [2.05, 4.69) is 57.5 Å². The maximum Gasteiger partial charge on any atom is 0.0201 e. The van der Waals surface area contributed by atoms with Crippen LogP contribution in [0.25, 0.3) is 0 Å². The molecule has 0 bridgehead atoms. The first-order valence-corrected chi connectivity index (χ1v) is 6.05. The molecule has 0 spiro atoms. The molecule has 1 aromatic carbocycles. The minimum atomic E-state index is 0.604. The monoisotopic (exact) mass is 202 g/mol. The Morgan fingerprint density at radius 3 is 2.33 bits per heavy atom. The molecular formula is C15H22. The molecule has 0 fully saturated rings. The molecule has 0 aliphatic rings. The second kappa shape index (κ2) is 6.66. The third kappa shape index (κ3) is 4.51. The topological polar surface area (TPSA) is 0 Å². The molecule has 1 rings (SSSR count). The van der Waals surface area contributed by atoms with Crippen LogP contribution in [0.4, 0.5) is 0 Å². The van der Waals surface area contributed by atoms with Crippen molar-refractivity contribution in [3.05, 3.63) is 42.3 Å². The average Bonchev–Trinajstić information content (AvgIpc) is 2.25. The zero-order valence-electron chi connectivity index (χ0n) is 10.2. The van der Waals surface area contributed by atoms with Crippen molar-refractivity contribution in [1.82, 2.24) is 0 Å². The van der Waals surface area contributed by atoms with Crippen LogP contribution in [-0.4, -0.2) is 0 Å². The summed E-state index contributed by atoms with van der Waals surface area (Å²) in [5.74, 6) is 1.30. The van der Waals surface area contributed by atoms with E-state index >= 15 is 0 Å². The Balaban J connectivity index is 2.51. The van der Waals surface area contributed by atoms with Crippen LogP contribution >= 0.6 is 0 Å². The highest BCUT2D eigenvalue weighted by molar-refractivity contribution is 5.23. The highest BCUT2D eigenvalue weighted by atomic mass is 14.2. The molecule has 0 heteroatoms. The lowest BCUT2D eigenvalue weighted by Crippen LogP contribution is -2.10. The smallest absolute Gasteiger partial charge is 0.0201 e. The predicted molar refractivity (Wildman–Crippen MR) is 66.6 cm³/mol. The number of hydrogen-bond donors (Lipinski definition) is 0. The second-order valence-corrected chi connectivity index (χ2v) is 4.50. The Morgan fingerprint density at radius 1 is 1.13 bits per heavy atom. The summed E-state index contributed by atoms with van der Waals surface area (Å²) >= 11 is 0. The summed E-state index contributed by atoms with van der Waals surface area (Å²) in [4.78, 5) is 0. The SMILES string of the molecule is CCCCC([C]c1ccccc1)C(C)C. The summed E-state index contributed by atoms with van der Waals surface area (Å²) in [5, 5.41) is 0. The molecule has 15 heavy (non-hydrogen) atoms. The van der Waals surface area contributed by atoms with Gasteiger partial charge in [-0.3, -0.25) is 0 Å². The number of unbranched alkanes of at least 4 members (excludes halogenated alkanes) is 1. The van der Waals surface area contributed by atoms with Gasteiger partial charge in [-0.05, 0) is 23.8 Å². The molecule has 0 nitrogen and oxygen atoms in total. The molecule has 0 aliphatic carbocycles. The molecular weight excluding hydrogens is 180 g/mol. The van der Waals surface area contributed by atoms with E-state index in [0.717, 1.165) is 0 Å². The third-order valence-corrected chi connectivity index (χ3v) is 2.80. The van der Waals surface area contributed by atoms with Crippen molar-refractivity contribution < 1.29 is 0 Å². The lowest BCUT2D eigenvalue weighted by atomic mass is 9.85. The van der Waals surface area contributed by atoms with Crippen LogP contribution in [0.2, 0.25) is 0 Å². The van der Waals surface area contributed by atoms with Crippen LogP contribution < -0.4 is 0 Å². The number of hydrogen-bond acceptors (Lipinski definition) is 0. The lowest BCUT2D eigenvalue weighted by molar-refractivity contribution is 0.402. The fraction of sp³-hybridized carbons (Fsp3) is 0.533. The van der Waals surface area contributed by atoms with E-state index in [1.165, 1.54) is 24.8 Å². The Bertz CT molecular complexity index is 248. The van der Waals surface area contributed by atoms with Gasteiger partial charge in [0.25, 0.3) is 0 Å². The third-order valence-electron chi connectivity index (χ3n) is 2.80. The standard InChI is InChI=1S/C15H22/c1-4-5-11-15(13(2)3)12-14-9-7-6-8-10-14/h6-10,13,15H,4-5,11H2,1-3H3. The second-order valence-electron chi connectivity index (χ2n) is 4.50. The van der Waals surface area contributed by atoms with Crippen LogP contribution in [0.1, 0.15) is 45.6 Å². The van der Waals surface area contributed by atoms with Crippen molar-refractivity contribution in [3.8, 4) is 0 Å². The predicted octanol–water partition coefficient (Wildman–Crippen LogP) is 4.58. The molecule has 0 aromatic heterocycles. The van der Waals surface area contributed by atoms with Gasteiger partial charge in [0.2, 0.25) is 0 Å². The van der Waals surface area contributed by atoms with Crippen molar-refractivity contribution >= 4 is 0 Å². The number of rotatable bonds is 6. The fourth-order valence-corrected chi connectivity index (χ4v) is 1.74. The van der Waals surface area contributed by atoms with Gasteiger partial charge in [0.05, 0.1) is 0 Å². The van der Waals surface area contributed by atoms with Gasteiger partial charge in [-0.25, -0.2) is 0 Å². The molecule has 1 unspecified atom stereocenters. The minimum Gasteiger partial charge on any atom is -0.0654 e. The summed E-state index contributed by atoms with van der Waals surface area (Å²) < 4.78 is 0. The van der Waals surface area contributed by atoms with Gasteiger partial charge in [0.1, 0.15) is 0 Å². The molecule has 0 saturated heterocycles. The first kappa shape index (κ1) is 12.3. The van der Waals surface area contributed by atoms with E-state index in [4.69, 9.17) is 0 Å². The fourth-order valence-electron chi connectivity index (χ4n) is 1.74. The van der Waals surface area contributed by atoms with Crippen LogP contribution in [-0.2, 0) is 0 Å². The Kier molecular flexibility index (Phi) is 5.45. The van der Waals surface area contributed by atoms with Gasteiger partial charge in [0.15, 0.2) is 0 Å². The molecule has 82 valence electrons. The zero-order chi connectivity index (χ0) is 11.1. The molecule has 1 aromatic rings. The maximum atomic E-state index is 3.61. The van der Waals surface area contributed by atoms with E-state index in [0.29, 0.717) is 11.8 Å². The largest absolute Gasteiger partial charge is 0.0654 e. The van der Waals surface area contributed by atoms with Gasteiger partial charge in [-0.2, -0.15) is 0 Å². The Morgan fingerprint density at radius 2 is 1.80 bits per heavy atom. The van der Waals surface area contributed by atoms with E-state index in [1.54, 1.807) is 0 Å². The normalized spacial score (nSPS) is 13.1. The van der Waals surface area contributed by atoms with E-state index < -0.39 is 0 Å². The molecule has 0 saturated carbocycles.